The van der Waals surface area contributed by atoms with Crippen LogP contribution >= 0.6 is 22.7 Å². The standard InChI is InChI=1S/C43H26N2OS2/c1-3-10-28(11-4-1)43-44-41-39(48-43)25-24-36-40(41)35-23-22-31(26-37(35)46-36)45(29-12-5-2-6-13-29)30-20-18-27(19-21-30)32-15-9-16-34-33-14-7-8-17-38(33)47-42(32)34/h1-26H. The van der Waals surface area contributed by atoms with E-state index in [1.807, 2.05) is 17.4 Å². The van der Waals surface area contributed by atoms with Crippen LogP contribution in [-0.2, 0) is 0 Å². The number of hydrogen-bond acceptors (Lipinski definition) is 5. The molecule has 0 spiro atoms. The van der Waals surface area contributed by atoms with Gasteiger partial charge in [-0.15, -0.1) is 22.7 Å². The van der Waals surface area contributed by atoms with Crippen molar-refractivity contribution >= 4 is 92.1 Å². The molecule has 0 bridgehead atoms. The molecule has 10 aromatic rings. The van der Waals surface area contributed by atoms with Gasteiger partial charge in [-0.2, -0.15) is 0 Å². The monoisotopic (exact) mass is 650 g/mol. The molecule has 5 heteroatoms. The van der Waals surface area contributed by atoms with Crippen molar-refractivity contribution in [2.24, 2.45) is 0 Å². The van der Waals surface area contributed by atoms with E-state index < -0.39 is 0 Å². The van der Waals surface area contributed by atoms with Crippen molar-refractivity contribution in [2.75, 3.05) is 4.90 Å². The maximum absolute atomic E-state index is 6.52. The number of aromatic nitrogens is 1. The average molecular weight is 651 g/mol. The molecule has 10 rings (SSSR count). The maximum Gasteiger partial charge on any atom is 0.137 e. The van der Waals surface area contributed by atoms with Gasteiger partial charge in [-0.05, 0) is 65.7 Å². The van der Waals surface area contributed by atoms with E-state index in [2.05, 4.69) is 157 Å². The number of thiophene rings is 1. The van der Waals surface area contributed by atoms with Crippen LogP contribution in [0, 0.1) is 0 Å². The fourth-order valence-electron chi connectivity index (χ4n) is 6.87. The number of thiazole rings is 1. The molecule has 3 heterocycles. The Morgan fingerprint density at radius 2 is 1.21 bits per heavy atom. The van der Waals surface area contributed by atoms with Gasteiger partial charge in [0.15, 0.2) is 0 Å². The molecule has 0 fully saturated rings. The van der Waals surface area contributed by atoms with E-state index in [4.69, 9.17) is 9.40 Å². The molecule has 3 aromatic heterocycles. The van der Waals surface area contributed by atoms with Gasteiger partial charge in [0.25, 0.3) is 0 Å². The molecule has 7 aromatic carbocycles. The van der Waals surface area contributed by atoms with Crippen LogP contribution in [0.2, 0.25) is 0 Å². The Hall–Kier alpha value is -5.75. The third-order valence-corrected chi connectivity index (χ3v) is 11.4. The summed E-state index contributed by atoms with van der Waals surface area (Å²) in [4.78, 5) is 7.39. The fourth-order valence-corrected chi connectivity index (χ4v) is 9.09. The minimum Gasteiger partial charge on any atom is -0.456 e. The smallest absolute Gasteiger partial charge is 0.137 e. The van der Waals surface area contributed by atoms with Crippen LogP contribution in [0.5, 0.6) is 0 Å². The second kappa shape index (κ2) is 10.9. The number of nitrogens with zero attached hydrogens (tertiary/aromatic N) is 2. The van der Waals surface area contributed by atoms with Crippen molar-refractivity contribution in [3.63, 3.8) is 0 Å². The highest BCUT2D eigenvalue weighted by Gasteiger charge is 2.19. The molecule has 0 saturated carbocycles. The Kier molecular flexibility index (Phi) is 6.22. The van der Waals surface area contributed by atoms with Gasteiger partial charge in [0, 0.05) is 54.3 Å². The summed E-state index contributed by atoms with van der Waals surface area (Å²) < 4.78 is 10.3. The van der Waals surface area contributed by atoms with Crippen LogP contribution in [0.1, 0.15) is 0 Å². The minimum absolute atomic E-state index is 0.846. The van der Waals surface area contributed by atoms with Crippen molar-refractivity contribution in [1.29, 1.82) is 0 Å². The second-order valence-corrected chi connectivity index (χ2v) is 14.0. The molecule has 0 saturated heterocycles. The summed E-state index contributed by atoms with van der Waals surface area (Å²) in [5.41, 5.74) is 9.49. The van der Waals surface area contributed by atoms with E-state index in [0.29, 0.717) is 0 Å². The van der Waals surface area contributed by atoms with Crippen LogP contribution in [0.15, 0.2) is 162 Å². The Morgan fingerprint density at radius 1 is 0.479 bits per heavy atom. The molecule has 0 aliphatic heterocycles. The molecule has 0 N–H and O–H groups in total. The van der Waals surface area contributed by atoms with Gasteiger partial charge >= 0.3 is 0 Å². The van der Waals surface area contributed by atoms with Crippen molar-refractivity contribution < 1.29 is 4.42 Å². The lowest BCUT2D eigenvalue weighted by Gasteiger charge is -2.25. The summed E-state index contributed by atoms with van der Waals surface area (Å²) in [5, 5.41) is 5.79. The number of benzene rings is 7. The Morgan fingerprint density at radius 3 is 2.06 bits per heavy atom. The van der Waals surface area contributed by atoms with Gasteiger partial charge in [0.05, 0.1) is 15.6 Å². The Bertz CT molecular complexity index is 2780. The highest BCUT2D eigenvalue weighted by atomic mass is 32.1. The summed E-state index contributed by atoms with van der Waals surface area (Å²) >= 11 is 3.59. The Labute approximate surface area is 284 Å². The molecular weight excluding hydrogens is 625 g/mol. The van der Waals surface area contributed by atoms with Gasteiger partial charge < -0.3 is 9.32 Å². The second-order valence-electron chi connectivity index (χ2n) is 12.0. The van der Waals surface area contributed by atoms with Gasteiger partial charge in [-0.3, -0.25) is 0 Å². The predicted molar refractivity (Wildman–Crippen MR) is 205 cm³/mol. The zero-order chi connectivity index (χ0) is 31.6. The first-order chi connectivity index (χ1) is 23.8. The predicted octanol–water partition coefficient (Wildman–Crippen LogP) is 13.4. The third-order valence-electron chi connectivity index (χ3n) is 9.11. The number of fused-ring (bicyclic) bond motifs is 8. The van der Waals surface area contributed by atoms with Crippen molar-refractivity contribution in [3.8, 4) is 21.7 Å². The highest BCUT2D eigenvalue weighted by Crippen LogP contribution is 2.44. The van der Waals surface area contributed by atoms with Crippen LogP contribution < -0.4 is 4.90 Å². The van der Waals surface area contributed by atoms with Gasteiger partial charge in [0.2, 0.25) is 0 Å². The summed E-state index contributed by atoms with van der Waals surface area (Å²) in [6, 6.07) is 55.9. The topological polar surface area (TPSA) is 29.3 Å². The molecule has 226 valence electrons. The zero-order valence-corrected chi connectivity index (χ0v) is 27.3. The van der Waals surface area contributed by atoms with Crippen molar-refractivity contribution in [1.82, 2.24) is 4.98 Å². The summed E-state index contributed by atoms with van der Waals surface area (Å²) in [6.07, 6.45) is 0. The normalized spacial score (nSPS) is 11.8. The summed E-state index contributed by atoms with van der Waals surface area (Å²) in [7, 11) is 0. The van der Waals surface area contributed by atoms with E-state index in [-0.39, 0.29) is 0 Å². The minimum atomic E-state index is 0.846. The van der Waals surface area contributed by atoms with Gasteiger partial charge in [-0.25, -0.2) is 4.98 Å². The number of furan rings is 1. The molecule has 0 aliphatic carbocycles. The van der Waals surface area contributed by atoms with E-state index in [1.165, 1.54) is 31.3 Å². The van der Waals surface area contributed by atoms with E-state index in [9.17, 15) is 0 Å². The number of rotatable bonds is 5. The molecule has 0 amide bonds. The third kappa shape index (κ3) is 4.36. The van der Waals surface area contributed by atoms with Crippen LogP contribution in [0.25, 0.3) is 74.0 Å². The first kappa shape index (κ1) is 27.4. The number of hydrogen-bond donors (Lipinski definition) is 0. The maximum atomic E-state index is 6.52. The number of anilines is 3. The quantitative estimate of drug-likeness (QED) is 0.186. The first-order valence-electron chi connectivity index (χ1n) is 16.0. The van der Waals surface area contributed by atoms with Gasteiger partial charge in [-0.1, -0.05) is 97.1 Å². The first-order valence-corrected chi connectivity index (χ1v) is 17.6. The van der Waals surface area contributed by atoms with Crippen molar-refractivity contribution in [3.05, 3.63) is 158 Å². The lowest BCUT2D eigenvalue weighted by atomic mass is 10.0. The SMILES string of the molecule is c1ccc(-c2nc3c(ccc4oc5cc(N(c6ccccc6)c6ccc(-c7cccc8c7sc7ccccc78)cc6)ccc5c43)s2)cc1. The zero-order valence-electron chi connectivity index (χ0n) is 25.6. The van der Waals surface area contributed by atoms with Gasteiger partial charge in [0.1, 0.15) is 16.2 Å². The van der Waals surface area contributed by atoms with E-state index >= 15 is 0 Å². The summed E-state index contributed by atoms with van der Waals surface area (Å²) in [5.74, 6) is 0. The van der Waals surface area contributed by atoms with E-state index in [1.54, 1.807) is 11.3 Å². The Balaban J connectivity index is 1.08. The summed E-state index contributed by atoms with van der Waals surface area (Å²) in [6.45, 7) is 0. The molecule has 3 nitrogen and oxygen atoms in total. The van der Waals surface area contributed by atoms with E-state index in [0.717, 1.165) is 59.8 Å². The lowest BCUT2D eigenvalue weighted by molar-refractivity contribution is 0.669. The molecule has 48 heavy (non-hydrogen) atoms. The largest absolute Gasteiger partial charge is 0.456 e. The highest BCUT2D eigenvalue weighted by molar-refractivity contribution is 7.26. The molecule has 0 unspecified atom stereocenters. The van der Waals surface area contributed by atoms with Crippen LogP contribution in [0.3, 0.4) is 0 Å². The fraction of sp³-hybridized carbons (Fsp3) is 0. The number of para-hydroxylation sites is 1. The lowest BCUT2D eigenvalue weighted by Crippen LogP contribution is -2.09. The van der Waals surface area contributed by atoms with Crippen molar-refractivity contribution in [2.45, 2.75) is 0 Å². The molecule has 0 atom stereocenters. The average Bonchev–Trinajstić information content (AvgIpc) is 3.86. The van der Waals surface area contributed by atoms with Crippen LogP contribution in [-0.4, -0.2) is 4.98 Å². The molecule has 0 radical (unpaired) electrons. The molecule has 0 aliphatic rings. The molecular formula is C43H26N2OS2. The van der Waals surface area contributed by atoms with Crippen LogP contribution in [0.4, 0.5) is 17.1 Å².